The molecule has 0 aromatic heterocycles. The largest absolute Gasteiger partial charge is 0.482 e. The van der Waals surface area contributed by atoms with Crippen molar-refractivity contribution in [1.29, 1.82) is 0 Å². The van der Waals surface area contributed by atoms with Crippen molar-refractivity contribution in [2.75, 3.05) is 31.1 Å². The van der Waals surface area contributed by atoms with Crippen LogP contribution in [0.3, 0.4) is 0 Å². The van der Waals surface area contributed by atoms with Crippen molar-refractivity contribution in [3.05, 3.63) is 23.3 Å². The van der Waals surface area contributed by atoms with Crippen molar-refractivity contribution in [2.24, 2.45) is 0 Å². The molecule has 3 rings (SSSR count). The Labute approximate surface area is 161 Å². The summed E-state index contributed by atoms with van der Waals surface area (Å²) >= 11 is 0. The van der Waals surface area contributed by atoms with Crippen molar-refractivity contribution >= 4 is 17.7 Å². The standard InChI is InChI=1S/C21H30N2O4/c1-6-8-23-17-11-16-14(2)12-22(20(25)27-21(3,4)5)9-7-15(16)10-18(17)26-13-19(23)24/h10-11,14H,6-9,12-13H2,1-5H3. The maximum atomic E-state index is 12.5. The van der Waals surface area contributed by atoms with E-state index in [-0.39, 0.29) is 24.5 Å². The van der Waals surface area contributed by atoms with Crippen LogP contribution in [0, 0.1) is 0 Å². The number of ether oxygens (including phenoxy) is 2. The molecule has 1 aromatic rings. The van der Waals surface area contributed by atoms with Gasteiger partial charge in [0.1, 0.15) is 11.4 Å². The van der Waals surface area contributed by atoms with Gasteiger partial charge in [0, 0.05) is 19.6 Å². The van der Waals surface area contributed by atoms with Gasteiger partial charge in [0.15, 0.2) is 6.61 Å². The van der Waals surface area contributed by atoms with E-state index < -0.39 is 5.60 Å². The van der Waals surface area contributed by atoms with E-state index in [1.807, 2.05) is 25.7 Å². The highest BCUT2D eigenvalue weighted by Gasteiger charge is 2.31. The van der Waals surface area contributed by atoms with E-state index in [1.165, 1.54) is 11.1 Å². The summed E-state index contributed by atoms with van der Waals surface area (Å²) in [6.45, 7) is 11.8. The predicted molar refractivity (Wildman–Crippen MR) is 105 cm³/mol. The first-order chi connectivity index (χ1) is 12.7. The Kier molecular flexibility index (Phi) is 5.36. The molecule has 6 nitrogen and oxygen atoms in total. The second-order valence-corrected chi connectivity index (χ2v) is 8.43. The average molecular weight is 374 g/mol. The Hall–Kier alpha value is -2.24. The minimum atomic E-state index is -0.507. The summed E-state index contributed by atoms with van der Waals surface area (Å²) in [5.74, 6) is 0.918. The van der Waals surface area contributed by atoms with E-state index in [2.05, 4.69) is 26.0 Å². The molecule has 0 radical (unpaired) electrons. The highest BCUT2D eigenvalue weighted by molar-refractivity contribution is 5.98. The molecule has 1 atom stereocenters. The predicted octanol–water partition coefficient (Wildman–Crippen LogP) is 3.72. The summed E-state index contributed by atoms with van der Waals surface area (Å²) in [4.78, 5) is 28.4. The molecule has 27 heavy (non-hydrogen) atoms. The smallest absolute Gasteiger partial charge is 0.410 e. The summed E-state index contributed by atoms with van der Waals surface area (Å²) in [5, 5.41) is 0. The second kappa shape index (κ2) is 7.41. The Morgan fingerprint density at radius 2 is 2.07 bits per heavy atom. The zero-order chi connectivity index (χ0) is 19.8. The normalized spacial score (nSPS) is 19.7. The van der Waals surface area contributed by atoms with Crippen molar-refractivity contribution in [1.82, 2.24) is 4.90 Å². The number of hydrogen-bond acceptors (Lipinski definition) is 4. The first-order valence-corrected chi connectivity index (χ1v) is 9.77. The third-order valence-electron chi connectivity index (χ3n) is 4.94. The maximum Gasteiger partial charge on any atom is 0.410 e. The lowest BCUT2D eigenvalue weighted by Crippen LogP contribution is -2.39. The fourth-order valence-electron chi connectivity index (χ4n) is 3.72. The number of carbonyl (C=O) groups excluding carboxylic acids is 2. The van der Waals surface area contributed by atoms with Gasteiger partial charge in [-0.2, -0.15) is 0 Å². The van der Waals surface area contributed by atoms with Crippen LogP contribution in [0.5, 0.6) is 5.75 Å². The van der Waals surface area contributed by atoms with E-state index >= 15 is 0 Å². The van der Waals surface area contributed by atoms with Crippen LogP contribution < -0.4 is 9.64 Å². The summed E-state index contributed by atoms with van der Waals surface area (Å²) in [7, 11) is 0. The fraction of sp³-hybridized carbons (Fsp3) is 0.619. The molecule has 0 spiro atoms. The minimum Gasteiger partial charge on any atom is -0.482 e. The topological polar surface area (TPSA) is 59.1 Å². The molecule has 6 heteroatoms. The number of benzene rings is 1. The zero-order valence-electron chi connectivity index (χ0n) is 17.0. The highest BCUT2D eigenvalue weighted by Crippen LogP contribution is 2.39. The molecule has 148 valence electrons. The van der Waals surface area contributed by atoms with Gasteiger partial charge >= 0.3 is 6.09 Å². The number of fused-ring (bicyclic) bond motifs is 2. The molecule has 2 amide bonds. The van der Waals surface area contributed by atoms with Gasteiger partial charge in [0.25, 0.3) is 5.91 Å². The van der Waals surface area contributed by atoms with Crippen LogP contribution >= 0.6 is 0 Å². The number of anilines is 1. The van der Waals surface area contributed by atoms with Gasteiger partial charge in [-0.05, 0) is 62.8 Å². The van der Waals surface area contributed by atoms with Crippen molar-refractivity contribution in [3.63, 3.8) is 0 Å². The van der Waals surface area contributed by atoms with Gasteiger partial charge in [-0.1, -0.05) is 13.8 Å². The van der Waals surface area contributed by atoms with E-state index in [9.17, 15) is 9.59 Å². The molecular weight excluding hydrogens is 344 g/mol. The molecule has 1 unspecified atom stereocenters. The molecule has 0 bridgehead atoms. The summed E-state index contributed by atoms with van der Waals surface area (Å²) in [6, 6.07) is 4.13. The molecular formula is C21H30N2O4. The van der Waals surface area contributed by atoms with Crippen LogP contribution in [-0.4, -0.2) is 48.7 Å². The van der Waals surface area contributed by atoms with Gasteiger partial charge in [-0.15, -0.1) is 0 Å². The van der Waals surface area contributed by atoms with E-state index in [1.54, 1.807) is 4.90 Å². The van der Waals surface area contributed by atoms with Crippen molar-refractivity contribution < 1.29 is 19.1 Å². The van der Waals surface area contributed by atoms with Crippen LogP contribution in [0.25, 0.3) is 0 Å². The Morgan fingerprint density at radius 3 is 2.74 bits per heavy atom. The summed E-state index contributed by atoms with van der Waals surface area (Å²) in [6.07, 6.45) is 1.37. The Morgan fingerprint density at radius 1 is 1.33 bits per heavy atom. The molecule has 2 aliphatic heterocycles. The highest BCUT2D eigenvalue weighted by atomic mass is 16.6. The molecule has 0 N–H and O–H groups in total. The lowest BCUT2D eigenvalue weighted by atomic mass is 9.93. The lowest BCUT2D eigenvalue weighted by molar-refractivity contribution is -0.121. The summed E-state index contributed by atoms with van der Waals surface area (Å²) in [5.41, 5.74) is 2.70. The molecule has 0 fully saturated rings. The molecule has 1 aromatic carbocycles. The molecule has 0 aliphatic carbocycles. The number of rotatable bonds is 2. The monoisotopic (exact) mass is 374 g/mol. The third-order valence-corrected chi connectivity index (χ3v) is 4.94. The maximum absolute atomic E-state index is 12.5. The second-order valence-electron chi connectivity index (χ2n) is 8.43. The van der Waals surface area contributed by atoms with E-state index in [4.69, 9.17) is 9.47 Å². The van der Waals surface area contributed by atoms with Crippen LogP contribution in [0.15, 0.2) is 12.1 Å². The van der Waals surface area contributed by atoms with Gasteiger partial charge in [-0.3, -0.25) is 4.79 Å². The minimum absolute atomic E-state index is 0.000886. The number of nitrogens with zero attached hydrogens (tertiary/aromatic N) is 2. The quantitative estimate of drug-likeness (QED) is 0.792. The van der Waals surface area contributed by atoms with Gasteiger partial charge in [-0.25, -0.2) is 4.79 Å². The fourth-order valence-corrected chi connectivity index (χ4v) is 3.72. The van der Waals surface area contributed by atoms with Gasteiger partial charge < -0.3 is 19.3 Å². The molecule has 2 aliphatic rings. The van der Waals surface area contributed by atoms with E-state index in [0.717, 1.165) is 24.3 Å². The Balaban J connectivity index is 1.88. The SMILES string of the molecule is CCCN1C(=O)COc2cc3c(cc21)C(C)CN(C(=O)OC(C)(C)C)CC3. The number of carbonyl (C=O) groups is 2. The molecule has 2 heterocycles. The van der Waals surface area contributed by atoms with Crippen LogP contribution in [-0.2, 0) is 16.0 Å². The third kappa shape index (κ3) is 4.20. The van der Waals surface area contributed by atoms with Crippen molar-refractivity contribution in [3.8, 4) is 5.75 Å². The van der Waals surface area contributed by atoms with Crippen LogP contribution in [0.4, 0.5) is 10.5 Å². The number of hydrogen-bond donors (Lipinski definition) is 0. The van der Waals surface area contributed by atoms with Crippen molar-refractivity contribution in [2.45, 2.75) is 59.0 Å². The van der Waals surface area contributed by atoms with E-state index in [0.29, 0.717) is 19.6 Å². The number of amides is 2. The molecule has 0 saturated heterocycles. The van der Waals surface area contributed by atoms with Gasteiger partial charge in [0.05, 0.1) is 5.69 Å². The van der Waals surface area contributed by atoms with Crippen LogP contribution in [0.1, 0.15) is 58.1 Å². The summed E-state index contributed by atoms with van der Waals surface area (Å²) < 4.78 is 11.3. The first-order valence-electron chi connectivity index (χ1n) is 9.77. The van der Waals surface area contributed by atoms with Gasteiger partial charge in [0.2, 0.25) is 0 Å². The molecule has 0 saturated carbocycles. The van der Waals surface area contributed by atoms with Crippen LogP contribution in [0.2, 0.25) is 0 Å². The first kappa shape index (κ1) is 19.5. The average Bonchev–Trinajstić information content (AvgIpc) is 2.74. The Bertz CT molecular complexity index is 738. The zero-order valence-corrected chi connectivity index (χ0v) is 17.0. The lowest BCUT2D eigenvalue weighted by Gasteiger charge is -2.31.